The van der Waals surface area contributed by atoms with Gasteiger partial charge in [-0.25, -0.2) is 0 Å². The molecule has 1 N–H and O–H groups in total. The van der Waals surface area contributed by atoms with E-state index in [1.165, 1.54) is 56.9 Å². The molecule has 180 valence electrons. The van der Waals surface area contributed by atoms with E-state index in [0.717, 1.165) is 41.9 Å². The third kappa shape index (κ3) is 4.22. The van der Waals surface area contributed by atoms with Gasteiger partial charge in [-0.15, -0.1) is 6.42 Å². The standard InChI is InChI=1S/C30H48O2/c1-7-19-32-30(31)18-17-28(5)23(20-30)11-12-24-26-14-13-25(22(4)10-8-9-21(2)3)29(26,6)16-15-27(24)28/h1,11,21-22,24-27,31H,8-10,12-20H2,2-6H3/t22-,24+,25-,26+,27+,28+,29-,30-/m1/s1. The first-order valence-electron chi connectivity index (χ1n) is 13.6. The van der Waals surface area contributed by atoms with Gasteiger partial charge < -0.3 is 9.84 Å². The smallest absolute Gasteiger partial charge is 0.170 e. The molecule has 32 heavy (non-hydrogen) atoms. The Labute approximate surface area is 198 Å². The molecular weight excluding hydrogens is 392 g/mol. The Morgan fingerprint density at radius 3 is 2.59 bits per heavy atom. The van der Waals surface area contributed by atoms with Gasteiger partial charge in [-0.3, -0.25) is 0 Å². The van der Waals surface area contributed by atoms with Crippen LogP contribution in [0.5, 0.6) is 0 Å². The average Bonchev–Trinajstić information content (AvgIpc) is 3.10. The van der Waals surface area contributed by atoms with Gasteiger partial charge in [-0.2, -0.15) is 0 Å². The highest BCUT2D eigenvalue weighted by molar-refractivity contribution is 5.26. The Hall–Kier alpha value is -0.780. The predicted molar refractivity (Wildman–Crippen MR) is 133 cm³/mol. The maximum absolute atomic E-state index is 11.0. The summed E-state index contributed by atoms with van der Waals surface area (Å²) in [5.41, 5.74) is 2.22. The van der Waals surface area contributed by atoms with Gasteiger partial charge in [0.25, 0.3) is 0 Å². The summed E-state index contributed by atoms with van der Waals surface area (Å²) in [4.78, 5) is 0. The molecule has 3 saturated carbocycles. The van der Waals surface area contributed by atoms with Gasteiger partial charge in [0.2, 0.25) is 0 Å². The average molecular weight is 441 g/mol. The Kier molecular flexibility index (Phi) is 6.93. The highest BCUT2D eigenvalue weighted by Crippen LogP contribution is 2.67. The molecule has 0 heterocycles. The van der Waals surface area contributed by atoms with Crippen molar-refractivity contribution >= 4 is 0 Å². The molecule has 0 spiro atoms. The number of rotatable bonds is 7. The molecule has 0 aromatic heterocycles. The number of hydrogen-bond donors (Lipinski definition) is 1. The van der Waals surface area contributed by atoms with E-state index in [9.17, 15) is 5.11 Å². The van der Waals surface area contributed by atoms with Crippen LogP contribution in [0.25, 0.3) is 0 Å². The van der Waals surface area contributed by atoms with Crippen LogP contribution < -0.4 is 0 Å². The van der Waals surface area contributed by atoms with E-state index >= 15 is 0 Å². The maximum Gasteiger partial charge on any atom is 0.170 e. The monoisotopic (exact) mass is 440 g/mol. The van der Waals surface area contributed by atoms with E-state index in [2.05, 4.69) is 46.6 Å². The number of allylic oxidation sites excluding steroid dienone is 1. The number of hydrogen-bond acceptors (Lipinski definition) is 2. The largest absolute Gasteiger partial charge is 0.365 e. The second-order valence-electron chi connectivity index (χ2n) is 12.9. The zero-order valence-electron chi connectivity index (χ0n) is 21.5. The number of terminal acetylenes is 1. The summed E-state index contributed by atoms with van der Waals surface area (Å²) >= 11 is 0. The van der Waals surface area contributed by atoms with Crippen molar-refractivity contribution in [2.24, 2.45) is 46.3 Å². The van der Waals surface area contributed by atoms with Crippen LogP contribution in [-0.4, -0.2) is 17.5 Å². The quantitative estimate of drug-likeness (QED) is 0.254. The van der Waals surface area contributed by atoms with Crippen LogP contribution in [0.15, 0.2) is 11.6 Å². The van der Waals surface area contributed by atoms with Gasteiger partial charge in [0.1, 0.15) is 6.61 Å². The summed E-state index contributed by atoms with van der Waals surface area (Å²) in [6.07, 6.45) is 21.3. The number of fused-ring (bicyclic) bond motifs is 5. The molecule has 2 nitrogen and oxygen atoms in total. The fraction of sp³-hybridized carbons (Fsp3) is 0.867. The van der Waals surface area contributed by atoms with Gasteiger partial charge in [0.15, 0.2) is 5.79 Å². The van der Waals surface area contributed by atoms with Crippen LogP contribution in [0, 0.1) is 58.7 Å². The van der Waals surface area contributed by atoms with Crippen molar-refractivity contribution in [1.82, 2.24) is 0 Å². The number of ether oxygens (including phenoxy) is 1. The SMILES string of the molecule is C#CCO[C@]1(O)CC[C@@]2(C)C(=CC[C@H]3[C@@H]4CC[C@H]([C@H](C)CCCC(C)C)[C@@]4(C)CC[C@@H]32)C1. The number of aliphatic hydroxyl groups is 1. The molecule has 0 amide bonds. The maximum atomic E-state index is 11.0. The lowest BCUT2D eigenvalue weighted by molar-refractivity contribution is -0.217. The Morgan fingerprint density at radius 1 is 1.09 bits per heavy atom. The van der Waals surface area contributed by atoms with Crippen LogP contribution in [0.2, 0.25) is 0 Å². The third-order valence-electron chi connectivity index (χ3n) is 10.8. The first-order valence-corrected chi connectivity index (χ1v) is 13.6. The van der Waals surface area contributed by atoms with Gasteiger partial charge >= 0.3 is 0 Å². The first kappa shape index (κ1) is 24.3. The van der Waals surface area contributed by atoms with Crippen LogP contribution in [0.4, 0.5) is 0 Å². The molecule has 0 bridgehead atoms. The van der Waals surface area contributed by atoms with Gasteiger partial charge in [-0.1, -0.05) is 71.5 Å². The van der Waals surface area contributed by atoms with Crippen molar-refractivity contribution in [3.63, 3.8) is 0 Å². The van der Waals surface area contributed by atoms with Crippen molar-refractivity contribution in [1.29, 1.82) is 0 Å². The summed E-state index contributed by atoms with van der Waals surface area (Å²) in [7, 11) is 0. The molecule has 3 fully saturated rings. The minimum absolute atomic E-state index is 0.198. The third-order valence-corrected chi connectivity index (χ3v) is 10.8. The molecule has 0 aromatic carbocycles. The van der Waals surface area contributed by atoms with Crippen LogP contribution in [0.3, 0.4) is 0 Å². The lowest BCUT2D eigenvalue weighted by Gasteiger charge is -2.59. The Morgan fingerprint density at radius 2 is 1.88 bits per heavy atom. The molecule has 4 aliphatic rings. The van der Waals surface area contributed by atoms with E-state index in [4.69, 9.17) is 11.2 Å². The van der Waals surface area contributed by atoms with Crippen LogP contribution in [0.1, 0.15) is 105 Å². The van der Waals surface area contributed by atoms with E-state index in [1.54, 1.807) is 0 Å². The predicted octanol–water partition coefficient (Wildman–Crippen LogP) is 7.37. The second kappa shape index (κ2) is 9.11. The highest BCUT2D eigenvalue weighted by Gasteiger charge is 2.60. The van der Waals surface area contributed by atoms with Crippen LogP contribution in [-0.2, 0) is 4.74 Å². The zero-order chi connectivity index (χ0) is 23.1. The fourth-order valence-electron chi connectivity index (χ4n) is 8.94. The summed E-state index contributed by atoms with van der Waals surface area (Å²) in [6.45, 7) is 12.6. The van der Waals surface area contributed by atoms with E-state index < -0.39 is 5.79 Å². The van der Waals surface area contributed by atoms with Gasteiger partial charge in [0.05, 0.1) is 0 Å². The second-order valence-corrected chi connectivity index (χ2v) is 12.9. The molecule has 0 radical (unpaired) electrons. The topological polar surface area (TPSA) is 29.5 Å². The van der Waals surface area contributed by atoms with Crippen molar-refractivity contribution < 1.29 is 9.84 Å². The van der Waals surface area contributed by atoms with Crippen molar-refractivity contribution in [2.45, 2.75) is 111 Å². The molecule has 4 aliphatic carbocycles. The van der Waals surface area contributed by atoms with Crippen molar-refractivity contribution in [3.8, 4) is 12.3 Å². The molecule has 0 unspecified atom stereocenters. The lowest BCUT2D eigenvalue weighted by Crippen LogP contribution is -2.52. The summed E-state index contributed by atoms with van der Waals surface area (Å²) in [6, 6.07) is 0. The normalized spacial score (nSPS) is 44.2. The highest BCUT2D eigenvalue weighted by atomic mass is 16.6. The molecule has 4 rings (SSSR count). The van der Waals surface area contributed by atoms with E-state index in [-0.39, 0.29) is 12.0 Å². The molecular formula is C30H48O2. The summed E-state index contributed by atoms with van der Waals surface area (Å²) in [5.74, 6) is 6.55. The van der Waals surface area contributed by atoms with Gasteiger partial charge in [-0.05, 0) is 84.9 Å². The zero-order valence-corrected chi connectivity index (χ0v) is 21.5. The lowest BCUT2D eigenvalue weighted by atomic mass is 9.46. The van der Waals surface area contributed by atoms with E-state index in [0.29, 0.717) is 18.3 Å². The van der Waals surface area contributed by atoms with Crippen molar-refractivity contribution in [2.75, 3.05) is 6.61 Å². The molecule has 0 aliphatic heterocycles. The Balaban J connectivity index is 1.48. The first-order chi connectivity index (χ1) is 15.1. The Bertz CT molecular complexity index is 746. The molecule has 2 heteroatoms. The minimum Gasteiger partial charge on any atom is -0.365 e. The summed E-state index contributed by atoms with van der Waals surface area (Å²) < 4.78 is 5.70. The van der Waals surface area contributed by atoms with Gasteiger partial charge in [0, 0.05) is 12.8 Å². The molecule has 0 saturated heterocycles. The van der Waals surface area contributed by atoms with E-state index in [1.807, 2.05) is 0 Å². The van der Waals surface area contributed by atoms with Crippen LogP contribution >= 0.6 is 0 Å². The minimum atomic E-state index is -1.06. The molecule has 8 atom stereocenters. The fourth-order valence-corrected chi connectivity index (χ4v) is 8.94. The molecule has 0 aromatic rings. The van der Waals surface area contributed by atoms with Crippen molar-refractivity contribution in [3.05, 3.63) is 11.6 Å². The summed E-state index contributed by atoms with van der Waals surface area (Å²) in [5, 5.41) is 11.0.